The van der Waals surface area contributed by atoms with Crippen LogP contribution in [-0.4, -0.2) is 18.3 Å². The lowest BCUT2D eigenvalue weighted by atomic mass is 9.97. The van der Waals surface area contributed by atoms with E-state index in [4.69, 9.17) is 4.42 Å². The average Bonchev–Trinajstić information content (AvgIpc) is 2.49. The molecule has 0 aliphatic carbocycles. The number of carbonyl (C=O) groups excluding carboxylic acids is 1. The lowest BCUT2D eigenvalue weighted by Gasteiger charge is -2.14. The molecule has 2 rings (SSSR count). The number of nitrogens with zero attached hydrogens (tertiary/aromatic N) is 1. The monoisotopic (exact) mass is 267 g/mol. The van der Waals surface area contributed by atoms with Crippen LogP contribution in [0.25, 0.3) is 5.57 Å². The van der Waals surface area contributed by atoms with Crippen molar-refractivity contribution in [1.82, 2.24) is 0 Å². The third kappa shape index (κ3) is 3.17. The van der Waals surface area contributed by atoms with E-state index in [0.717, 1.165) is 16.7 Å². The van der Waals surface area contributed by atoms with Gasteiger partial charge in [-0.15, -0.1) is 6.08 Å². The minimum atomic E-state index is -0.414. The first kappa shape index (κ1) is 13.7. The number of non-ortho nitro benzene ring substituents is 1. The van der Waals surface area contributed by atoms with Crippen LogP contribution in [0, 0.1) is 10.1 Å². The van der Waals surface area contributed by atoms with Crippen LogP contribution in [0.1, 0.15) is 11.1 Å². The quantitative estimate of drug-likeness (QED) is 0.280. The van der Waals surface area contributed by atoms with Gasteiger partial charge in [-0.2, -0.15) is 5.57 Å². The maximum absolute atomic E-state index is 10.7. The fourth-order valence-electron chi connectivity index (χ4n) is 1.83. The van der Waals surface area contributed by atoms with Crippen LogP contribution in [0.5, 0.6) is 0 Å². The molecule has 0 aliphatic rings. The number of hydrogen-bond donors (Lipinski definition) is 0. The molecule has 0 N–H and O–H groups in total. The SMILES string of the molecule is C[O+]=[C-]/C=C(/c1ccccc1)c1ccc([N+](=O)[O-])cc1. The van der Waals surface area contributed by atoms with Gasteiger partial charge in [0.05, 0.1) is 4.92 Å². The van der Waals surface area contributed by atoms with Crippen molar-refractivity contribution in [2.75, 3.05) is 7.11 Å². The summed E-state index contributed by atoms with van der Waals surface area (Å²) in [5, 5.41) is 10.7. The van der Waals surface area contributed by atoms with Crippen LogP contribution < -0.4 is 0 Å². The predicted octanol–water partition coefficient (Wildman–Crippen LogP) is 3.30. The van der Waals surface area contributed by atoms with Gasteiger partial charge >= 0.3 is 0 Å². The topological polar surface area (TPSA) is 54.4 Å². The minimum absolute atomic E-state index is 0.0702. The van der Waals surface area contributed by atoms with Gasteiger partial charge in [0.1, 0.15) is 0 Å². The molecule has 0 heterocycles. The zero-order chi connectivity index (χ0) is 14.4. The summed E-state index contributed by atoms with van der Waals surface area (Å²) in [6.07, 6.45) is 4.41. The molecule has 0 spiro atoms. The molecule has 4 heteroatoms. The van der Waals surface area contributed by atoms with E-state index >= 15 is 0 Å². The number of hydrogen-bond acceptors (Lipinski definition) is 2. The molecule has 2 aromatic carbocycles. The van der Waals surface area contributed by atoms with E-state index in [0.29, 0.717) is 0 Å². The summed E-state index contributed by atoms with van der Waals surface area (Å²) in [7, 11) is 1.52. The largest absolute Gasteiger partial charge is 0.355 e. The number of rotatable bonds is 4. The van der Waals surface area contributed by atoms with Crippen LogP contribution in [0.4, 0.5) is 5.69 Å². The van der Waals surface area contributed by atoms with Crippen LogP contribution in [0.2, 0.25) is 0 Å². The third-order valence-electron chi connectivity index (χ3n) is 2.80. The van der Waals surface area contributed by atoms with Crippen LogP contribution in [0.3, 0.4) is 0 Å². The first-order valence-corrected chi connectivity index (χ1v) is 6.01. The molecule has 0 fully saturated rings. The van der Waals surface area contributed by atoms with Gasteiger partial charge in [-0.05, 0) is 0 Å². The maximum atomic E-state index is 10.7. The lowest BCUT2D eigenvalue weighted by molar-refractivity contribution is -0.384. The summed E-state index contributed by atoms with van der Waals surface area (Å²) in [5.41, 5.74) is 2.82. The summed E-state index contributed by atoms with van der Waals surface area (Å²) < 4.78 is 4.84. The molecular weight excluding hydrogens is 254 g/mol. The van der Waals surface area contributed by atoms with Crippen molar-refractivity contribution in [3.05, 3.63) is 81.9 Å². The van der Waals surface area contributed by atoms with Crippen molar-refractivity contribution < 1.29 is 9.35 Å². The highest BCUT2D eigenvalue weighted by Gasteiger charge is 2.04. The van der Waals surface area contributed by atoms with Crippen molar-refractivity contribution in [1.29, 1.82) is 0 Å². The molecule has 0 saturated carbocycles. The van der Waals surface area contributed by atoms with Gasteiger partial charge in [-0.1, -0.05) is 53.6 Å². The first-order chi connectivity index (χ1) is 9.72. The maximum Gasteiger partial charge on any atom is 0.269 e. The molecule has 2 aromatic rings. The molecule has 100 valence electrons. The second-order valence-corrected chi connectivity index (χ2v) is 4.05. The fourth-order valence-corrected chi connectivity index (χ4v) is 1.83. The fraction of sp³-hybridized carbons (Fsp3) is 0.0625. The van der Waals surface area contributed by atoms with Gasteiger partial charge in [0, 0.05) is 12.1 Å². The van der Waals surface area contributed by atoms with Crippen molar-refractivity contribution in [2.45, 2.75) is 0 Å². The average molecular weight is 267 g/mol. The van der Waals surface area contributed by atoms with Crippen molar-refractivity contribution in [3.8, 4) is 0 Å². The highest BCUT2D eigenvalue weighted by molar-refractivity contribution is 5.90. The smallest absolute Gasteiger partial charge is 0.269 e. The Bertz CT molecular complexity index is 643. The molecule has 0 unspecified atom stereocenters. The van der Waals surface area contributed by atoms with Crippen LogP contribution >= 0.6 is 0 Å². The molecule has 0 radical (unpaired) electrons. The molecule has 0 aliphatic heterocycles. The summed E-state index contributed by atoms with van der Waals surface area (Å²) in [4.78, 5) is 10.3. The van der Waals surface area contributed by atoms with E-state index in [1.807, 2.05) is 30.3 Å². The van der Waals surface area contributed by atoms with Gasteiger partial charge in [0.25, 0.3) is 5.69 Å². The second-order valence-electron chi connectivity index (χ2n) is 4.05. The Balaban J connectivity index is 2.45. The third-order valence-corrected chi connectivity index (χ3v) is 2.80. The normalized spacial score (nSPS) is 11.8. The Hall–Kier alpha value is -2.75. The molecule has 0 amide bonds. The summed E-state index contributed by atoms with van der Waals surface area (Å²) in [6.45, 7) is 0. The highest BCUT2D eigenvalue weighted by atomic mass is 16.6. The highest BCUT2D eigenvalue weighted by Crippen LogP contribution is 2.24. The first-order valence-electron chi connectivity index (χ1n) is 6.01. The van der Waals surface area contributed by atoms with Gasteiger partial charge in [-0.25, -0.2) is 0 Å². The Morgan fingerprint density at radius 3 is 2.25 bits per heavy atom. The van der Waals surface area contributed by atoms with Gasteiger partial charge in [-0.3, -0.25) is 10.1 Å². The molecule has 0 aromatic heterocycles. The van der Waals surface area contributed by atoms with Crippen molar-refractivity contribution in [3.63, 3.8) is 0 Å². The summed E-state index contributed by atoms with van der Waals surface area (Å²) in [5.74, 6) is 0. The van der Waals surface area contributed by atoms with E-state index < -0.39 is 4.92 Å². The van der Waals surface area contributed by atoms with Crippen LogP contribution in [0.15, 0.2) is 60.7 Å². The molecule has 0 atom stereocenters. The molecule has 0 bridgehead atoms. The predicted molar refractivity (Wildman–Crippen MR) is 78.2 cm³/mol. The lowest BCUT2D eigenvalue weighted by Crippen LogP contribution is -1.91. The van der Waals surface area contributed by atoms with Crippen molar-refractivity contribution >= 4 is 17.5 Å². The van der Waals surface area contributed by atoms with Crippen LogP contribution in [-0.2, 0) is 4.42 Å². The van der Waals surface area contributed by atoms with E-state index in [9.17, 15) is 10.1 Å². The Labute approximate surface area is 116 Å². The molecular formula is C16H13NO3. The Kier molecular flexibility index (Phi) is 4.39. The summed E-state index contributed by atoms with van der Waals surface area (Å²) >= 11 is 0. The van der Waals surface area contributed by atoms with Gasteiger partial charge in [0.2, 0.25) is 13.4 Å². The van der Waals surface area contributed by atoms with E-state index in [1.54, 1.807) is 18.2 Å². The Morgan fingerprint density at radius 1 is 1.10 bits per heavy atom. The number of benzene rings is 2. The molecule has 20 heavy (non-hydrogen) atoms. The van der Waals surface area contributed by atoms with Gasteiger partial charge in [0.15, 0.2) is 0 Å². The minimum Gasteiger partial charge on any atom is -0.355 e. The standard InChI is InChI=1S/C16H13NO3/c1-20-12-11-16(13-5-3-2-4-6-13)14-7-9-15(10-8-14)17(18)19/h2-11H,1H3/b16-11-. The van der Waals surface area contributed by atoms with Gasteiger partial charge < -0.3 is 4.42 Å². The number of nitro groups is 1. The van der Waals surface area contributed by atoms with E-state index in [1.165, 1.54) is 19.2 Å². The molecule has 0 saturated heterocycles. The Morgan fingerprint density at radius 2 is 1.70 bits per heavy atom. The van der Waals surface area contributed by atoms with E-state index in [-0.39, 0.29) is 5.69 Å². The number of allylic oxidation sites excluding steroid dienone is 1. The summed E-state index contributed by atoms with van der Waals surface area (Å²) in [6, 6.07) is 16.1. The zero-order valence-electron chi connectivity index (χ0n) is 10.9. The molecule has 4 nitrogen and oxygen atoms in total. The second kappa shape index (κ2) is 6.43. The number of nitro benzene ring substituents is 1. The van der Waals surface area contributed by atoms with Crippen molar-refractivity contribution in [2.24, 2.45) is 0 Å². The zero-order valence-corrected chi connectivity index (χ0v) is 10.9. The van der Waals surface area contributed by atoms with E-state index in [2.05, 4.69) is 6.29 Å².